The molecule has 1 aromatic carbocycles. The van der Waals surface area contributed by atoms with Gasteiger partial charge >= 0.3 is 0 Å². The van der Waals surface area contributed by atoms with E-state index in [0.717, 1.165) is 31.5 Å². The number of halogens is 1. The molecule has 0 radical (unpaired) electrons. The van der Waals surface area contributed by atoms with Crippen LogP contribution >= 0.6 is 11.6 Å². The smallest absolute Gasteiger partial charge is 0.293 e. The molecule has 0 bridgehead atoms. The molecule has 0 atom stereocenters. The maximum absolute atomic E-state index is 12.1. The molecule has 0 aliphatic carbocycles. The Hall–Kier alpha value is -2.05. The Kier molecular flexibility index (Phi) is 5.06. The summed E-state index contributed by atoms with van der Waals surface area (Å²) in [5.41, 5.74) is 0.902. The van der Waals surface area contributed by atoms with E-state index < -0.39 is 0 Å². The van der Waals surface area contributed by atoms with Crippen molar-refractivity contribution in [1.82, 2.24) is 14.9 Å². The summed E-state index contributed by atoms with van der Waals surface area (Å²) >= 11 is 5.95. The number of anilines is 1. The van der Waals surface area contributed by atoms with Crippen LogP contribution in [0.1, 0.15) is 18.4 Å². The quantitative estimate of drug-likeness (QED) is 0.883. The normalized spacial score (nSPS) is 15.7. The number of benzene rings is 1. The Balaban J connectivity index is 1.55. The third kappa shape index (κ3) is 3.88. The van der Waals surface area contributed by atoms with Gasteiger partial charge in [-0.1, -0.05) is 11.6 Å². The SMILES string of the molecule is Cn1ccnc(N2CCC(NCc3cc(O)cc(Cl)c3)CC2)c1=O. The van der Waals surface area contributed by atoms with Crippen molar-refractivity contribution < 1.29 is 5.11 Å². The van der Waals surface area contributed by atoms with Crippen LogP contribution < -0.4 is 15.8 Å². The number of aromatic nitrogens is 2. The Morgan fingerprint density at radius 3 is 2.79 bits per heavy atom. The van der Waals surface area contributed by atoms with E-state index in [1.165, 1.54) is 6.07 Å². The van der Waals surface area contributed by atoms with Gasteiger partial charge in [-0.05, 0) is 36.6 Å². The lowest BCUT2D eigenvalue weighted by Gasteiger charge is -2.32. The highest BCUT2D eigenvalue weighted by Crippen LogP contribution is 2.20. The summed E-state index contributed by atoms with van der Waals surface area (Å²) in [5.74, 6) is 0.707. The van der Waals surface area contributed by atoms with Crippen molar-refractivity contribution in [3.63, 3.8) is 0 Å². The van der Waals surface area contributed by atoms with Gasteiger partial charge in [0.1, 0.15) is 5.75 Å². The fourth-order valence-corrected chi connectivity index (χ4v) is 3.25. The number of aromatic hydroxyl groups is 1. The van der Waals surface area contributed by atoms with Gasteiger partial charge in [0.15, 0.2) is 5.82 Å². The average molecular weight is 349 g/mol. The third-order valence-electron chi connectivity index (χ3n) is 4.33. The predicted molar refractivity (Wildman–Crippen MR) is 94.7 cm³/mol. The zero-order valence-electron chi connectivity index (χ0n) is 13.6. The summed E-state index contributed by atoms with van der Waals surface area (Å²) in [5, 5.41) is 13.6. The molecular formula is C17H21ClN4O2. The van der Waals surface area contributed by atoms with Crippen LogP contribution in [0.3, 0.4) is 0 Å². The predicted octanol–water partition coefficient (Wildman–Crippen LogP) is 1.90. The first-order valence-corrected chi connectivity index (χ1v) is 8.39. The molecule has 6 nitrogen and oxygen atoms in total. The standard InChI is InChI=1S/C17H21ClN4O2/c1-21-7-4-19-16(17(21)24)22-5-2-14(3-6-22)20-11-12-8-13(18)10-15(23)9-12/h4,7-10,14,20,23H,2-3,5-6,11H2,1H3. The van der Waals surface area contributed by atoms with Gasteiger partial charge in [-0.15, -0.1) is 0 Å². The lowest BCUT2D eigenvalue weighted by molar-refractivity contribution is 0.411. The largest absolute Gasteiger partial charge is 0.508 e. The highest BCUT2D eigenvalue weighted by Gasteiger charge is 2.21. The van der Waals surface area contributed by atoms with Crippen LogP contribution in [0.4, 0.5) is 5.82 Å². The van der Waals surface area contributed by atoms with Crippen molar-refractivity contribution in [3.05, 3.63) is 51.5 Å². The monoisotopic (exact) mass is 348 g/mol. The van der Waals surface area contributed by atoms with Crippen molar-refractivity contribution in [1.29, 1.82) is 0 Å². The first-order chi connectivity index (χ1) is 11.5. The van der Waals surface area contributed by atoms with Gasteiger partial charge in [0.25, 0.3) is 5.56 Å². The third-order valence-corrected chi connectivity index (χ3v) is 4.55. The number of hydrogen-bond donors (Lipinski definition) is 2. The topological polar surface area (TPSA) is 70.4 Å². The van der Waals surface area contributed by atoms with Crippen LogP contribution in [0.15, 0.2) is 35.4 Å². The maximum Gasteiger partial charge on any atom is 0.293 e. The second-order valence-electron chi connectivity index (χ2n) is 6.13. The molecule has 24 heavy (non-hydrogen) atoms. The molecule has 0 saturated carbocycles. The summed E-state index contributed by atoms with van der Waals surface area (Å²) < 4.78 is 1.55. The molecule has 1 aliphatic rings. The Morgan fingerprint density at radius 1 is 1.33 bits per heavy atom. The van der Waals surface area contributed by atoms with Crippen LogP contribution in [0, 0.1) is 0 Å². The molecule has 2 aromatic rings. The summed E-state index contributed by atoms with van der Waals surface area (Å²) in [6.07, 6.45) is 5.20. The van der Waals surface area contributed by atoms with E-state index in [4.69, 9.17) is 11.6 Å². The van der Waals surface area contributed by atoms with E-state index >= 15 is 0 Å². The number of rotatable bonds is 4. The van der Waals surface area contributed by atoms with Gasteiger partial charge in [-0.3, -0.25) is 4.79 Å². The highest BCUT2D eigenvalue weighted by molar-refractivity contribution is 6.30. The summed E-state index contributed by atoms with van der Waals surface area (Å²) in [4.78, 5) is 18.4. The van der Waals surface area contributed by atoms with Crippen molar-refractivity contribution >= 4 is 17.4 Å². The minimum Gasteiger partial charge on any atom is -0.508 e. The molecule has 3 rings (SSSR count). The Labute approximate surface area is 145 Å². The van der Waals surface area contributed by atoms with Crippen molar-refractivity contribution in [2.24, 2.45) is 7.05 Å². The molecule has 128 valence electrons. The number of phenolic OH excluding ortho intramolecular Hbond substituents is 1. The van der Waals surface area contributed by atoms with Crippen LogP contribution in [0.25, 0.3) is 0 Å². The fourth-order valence-electron chi connectivity index (χ4n) is 2.99. The molecule has 0 amide bonds. The van der Waals surface area contributed by atoms with E-state index in [0.29, 0.717) is 23.4 Å². The molecule has 1 saturated heterocycles. The highest BCUT2D eigenvalue weighted by atomic mass is 35.5. The molecular weight excluding hydrogens is 328 g/mol. The zero-order valence-corrected chi connectivity index (χ0v) is 14.3. The van der Waals surface area contributed by atoms with Crippen LogP contribution in [-0.2, 0) is 13.6 Å². The lowest BCUT2D eigenvalue weighted by atomic mass is 10.0. The number of piperidine rings is 1. The number of nitrogens with one attached hydrogen (secondary N) is 1. The van der Waals surface area contributed by atoms with Crippen LogP contribution in [0.5, 0.6) is 5.75 Å². The second-order valence-corrected chi connectivity index (χ2v) is 6.56. The van der Waals surface area contributed by atoms with E-state index in [9.17, 15) is 9.90 Å². The van der Waals surface area contributed by atoms with Crippen LogP contribution in [0.2, 0.25) is 5.02 Å². The first-order valence-electron chi connectivity index (χ1n) is 8.01. The zero-order chi connectivity index (χ0) is 17.1. The number of phenols is 1. The summed E-state index contributed by atoms with van der Waals surface area (Å²) in [6, 6.07) is 5.46. The summed E-state index contributed by atoms with van der Waals surface area (Å²) in [7, 11) is 1.74. The number of hydrogen-bond acceptors (Lipinski definition) is 5. The van der Waals surface area contributed by atoms with E-state index in [1.807, 2.05) is 11.0 Å². The van der Waals surface area contributed by atoms with Gasteiger partial charge in [0.05, 0.1) is 0 Å². The van der Waals surface area contributed by atoms with E-state index in [1.54, 1.807) is 30.1 Å². The molecule has 2 heterocycles. The molecule has 0 unspecified atom stereocenters. The molecule has 2 N–H and O–H groups in total. The van der Waals surface area contributed by atoms with E-state index in [-0.39, 0.29) is 11.3 Å². The molecule has 1 aromatic heterocycles. The van der Waals surface area contributed by atoms with Crippen molar-refractivity contribution in [2.75, 3.05) is 18.0 Å². The minimum absolute atomic E-state index is 0.0571. The minimum atomic E-state index is -0.0571. The molecule has 1 fully saturated rings. The first kappa shape index (κ1) is 16.8. The lowest BCUT2D eigenvalue weighted by Crippen LogP contribution is -2.44. The number of aryl methyl sites for hydroxylation is 1. The van der Waals surface area contributed by atoms with Crippen molar-refractivity contribution in [3.8, 4) is 5.75 Å². The Morgan fingerprint density at radius 2 is 2.08 bits per heavy atom. The fraction of sp³-hybridized carbons (Fsp3) is 0.412. The van der Waals surface area contributed by atoms with Gasteiger partial charge in [-0.2, -0.15) is 0 Å². The number of nitrogens with zero attached hydrogens (tertiary/aromatic N) is 3. The molecule has 7 heteroatoms. The van der Waals surface area contributed by atoms with E-state index in [2.05, 4.69) is 10.3 Å². The van der Waals surface area contributed by atoms with Gasteiger partial charge in [0.2, 0.25) is 0 Å². The average Bonchev–Trinajstić information content (AvgIpc) is 2.55. The summed E-state index contributed by atoms with van der Waals surface area (Å²) in [6.45, 7) is 2.25. The molecule has 0 spiro atoms. The maximum atomic E-state index is 12.1. The second kappa shape index (κ2) is 7.23. The van der Waals surface area contributed by atoms with Crippen molar-refractivity contribution in [2.45, 2.75) is 25.4 Å². The van der Waals surface area contributed by atoms with Gasteiger partial charge in [0, 0.05) is 50.1 Å². The van der Waals surface area contributed by atoms with Gasteiger partial charge in [-0.25, -0.2) is 4.98 Å². The van der Waals surface area contributed by atoms with Crippen LogP contribution in [-0.4, -0.2) is 33.8 Å². The van der Waals surface area contributed by atoms with Gasteiger partial charge < -0.3 is 19.9 Å². The Bertz CT molecular complexity index is 749. The molecule has 1 aliphatic heterocycles.